The highest BCUT2D eigenvalue weighted by molar-refractivity contribution is 7.99. The lowest BCUT2D eigenvalue weighted by Gasteiger charge is -2.22. The number of rotatable bonds is 6. The molecule has 1 aromatic rings. The SMILES string of the molecule is CCC(C)CSc1c(Cl)cccc1CNC(C)(C)C. The van der Waals surface area contributed by atoms with Crippen molar-refractivity contribution in [2.75, 3.05) is 5.75 Å². The monoisotopic (exact) mass is 299 g/mol. The standard InChI is InChI=1S/C16H26ClNS/c1-6-12(2)11-19-15-13(8-7-9-14(15)17)10-18-16(3,4)5/h7-9,12,18H,6,10-11H2,1-5H3. The van der Waals surface area contributed by atoms with Gasteiger partial charge in [-0.15, -0.1) is 11.8 Å². The molecule has 0 saturated heterocycles. The molecule has 108 valence electrons. The third-order valence-electron chi connectivity index (χ3n) is 3.07. The molecular formula is C16H26ClNS. The van der Waals surface area contributed by atoms with Crippen LogP contribution in [0.25, 0.3) is 0 Å². The van der Waals surface area contributed by atoms with Crippen LogP contribution in [0.3, 0.4) is 0 Å². The smallest absolute Gasteiger partial charge is 0.0545 e. The summed E-state index contributed by atoms with van der Waals surface area (Å²) in [6, 6.07) is 6.19. The van der Waals surface area contributed by atoms with E-state index in [4.69, 9.17) is 11.6 Å². The molecule has 0 aromatic heterocycles. The quantitative estimate of drug-likeness (QED) is 0.709. The summed E-state index contributed by atoms with van der Waals surface area (Å²) in [6.45, 7) is 11.9. The van der Waals surface area contributed by atoms with E-state index >= 15 is 0 Å². The number of thioether (sulfide) groups is 1. The van der Waals surface area contributed by atoms with Gasteiger partial charge in [0.05, 0.1) is 5.02 Å². The summed E-state index contributed by atoms with van der Waals surface area (Å²) >= 11 is 8.24. The first kappa shape index (κ1) is 16.9. The fourth-order valence-corrected chi connectivity index (χ4v) is 3.13. The molecule has 1 rings (SSSR count). The molecule has 0 aliphatic heterocycles. The summed E-state index contributed by atoms with van der Waals surface area (Å²) in [5.74, 6) is 1.85. The van der Waals surface area contributed by atoms with Crippen LogP contribution in [0.4, 0.5) is 0 Å². The first-order valence-electron chi connectivity index (χ1n) is 6.98. The summed E-state index contributed by atoms with van der Waals surface area (Å²) in [5.41, 5.74) is 1.43. The van der Waals surface area contributed by atoms with Gasteiger partial charge in [0.1, 0.15) is 0 Å². The molecule has 0 radical (unpaired) electrons. The molecule has 0 spiro atoms. The average molecular weight is 300 g/mol. The Labute approximate surface area is 127 Å². The topological polar surface area (TPSA) is 12.0 Å². The van der Waals surface area contributed by atoms with E-state index in [-0.39, 0.29) is 5.54 Å². The minimum atomic E-state index is 0.126. The summed E-state index contributed by atoms with van der Waals surface area (Å²) in [6.07, 6.45) is 1.22. The van der Waals surface area contributed by atoms with Gasteiger partial charge < -0.3 is 5.32 Å². The highest BCUT2D eigenvalue weighted by Gasteiger charge is 2.13. The summed E-state index contributed by atoms with van der Waals surface area (Å²) in [4.78, 5) is 1.24. The van der Waals surface area contributed by atoms with Crippen LogP contribution in [0.1, 0.15) is 46.6 Å². The minimum Gasteiger partial charge on any atom is -0.308 e. The molecule has 0 bridgehead atoms. The molecule has 19 heavy (non-hydrogen) atoms. The maximum absolute atomic E-state index is 6.36. The summed E-state index contributed by atoms with van der Waals surface area (Å²) in [7, 11) is 0. The second-order valence-electron chi connectivity index (χ2n) is 6.16. The van der Waals surface area contributed by atoms with Crippen molar-refractivity contribution in [1.29, 1.82) is 0 Å². The van der Waals surface area contributed by atoms with Gasteiger partial charge in [-0.05, 0) is 38.3 Å². The minimum absolute atomic E-state index is 0.126. The van der Waals surface area contributed by atoms with E-state index in [1.807, 2.05) is 23.9 Å². The lowest BCUT2D eigenvalue weighted by molar-refractivity contribution is 0.422. The highest BCUT2D eigenvalue weighted by atomic mass is 35.5. The van der Waals surface area contributed by atoms with Gasteiger partial charge in [-0.2, -0.15) is 0 Å². The predicted molar refractivity (Wildman–Crippen MR) is 88.2 cm³/mol. The van der Waals surface area contributed by atoms with Crippen LogP contribution in [0.2, 0.25) is 5.02 Å². The zero-order chi connectivity index (χ0) is 14.5. The van der Waals surface area contributed by atoms with E-state index in [2.05, 4.69) is 46.0 Å². The Balaban J connectivity index is 2.77. The van der Waals surface area contributed by atoms with Gasteiger partial charge in [0.15, 0.2) is 0 Å². The molecule has 0 fully saturated rings. The molecule has 0 aliphatic rings. The van der Waals surface area contributed by atoms with Gasteiger partial charge in [-0.1, -0.05) is 44.0 Å². The Morgan fingerprint density at radius 1 is 1.32 bits per heavy atom. The fraction of sp³-hybridized carbons (Fsp3) is 0.625. The van der Waals surface area contributed by atoms with E-state index in [0.717, 1.165) is 23.2 Å². The lowest BCUT2D eigenvalue weighted by atomic mass is 10.1. The molecular weight excluding hydrogens is 274 g/mol. The Morgan fingerprint density at radius 3 is 2.58 bits per heavy atom. The van der Waals surface area contributed by atoms with Crippen molar-refractivity contribution in [2.45, 2.75) is 58.0 Å². The van der Waals surface area contributed by atoms with Crippen LogP contribution in [-0.2, 0) is 6.54 Å². The first-order valence-corrected chi connectivity index (χ1v) is 8.35. The molecule has 3 heteroatoms. The van der Waals surface area contributed by atoms with E-state index in [1.54, 1.807) is 0 Å². The normalized spacial score (nSPS) is 13.6. The third-order valence-corrected chi connectivity index (χ3v) is 5.00. The number of nitrogens with one attached hydrogen (secondary N) is 1. The van der Waals surface area contributed by atoms with Crippen LogP contribution >= 0.6 is 23.4 Å². The summed E-state index contributed by atoms with van der Waals surface area (Å²) < 4.78 is 0. The number of hydrogen-bond donors (Lipinski definition) is 1. The molecule has 0 saturated carbocycles. The first-order chi connectivity index (χ1) is 8.83. The van der Waals surface area contributed by atoms with E-state index in [1.165, 1.54) is 16.9 Å². The van der Waals surface area contributed by atoms with Crippen molar-refractivity contribution in [3.63, 3.8) is 0 Å². The molecule has 1 atom stereocenters. The highest BCUT2D eigenvalue weighted by Crippen LogP contribution is 2.32. The van der Waals surface area contributed by atoms with Crippen LogP contribution in [0, 0.1) is 5.92 Å². The third kappa shape index (κ3) is 6.20. The zero-order valence-corrected chi connectivity index (χ0v) is 14.3. The van der Waals surface area contributed by atoms with Crippen LogP contribution in [0.15, 0.2) is 23.1 Å². The maximum Gasteiger partial charge on any atom is 0.0545 e. The number of benzene rings is 1. The fourth-order valence-electron chi connectivity index (χ4n) is 1.56. The van der Waals surface area contributed by atoms with E-state index < -0.39 is 0 Å². The maximum atomic E-state index is 6.36. The average Bonchev–Trinajstić information content (AvgIpc) is 2.33. The second-order valence-corrected chi connectivity index (χ2v) is 7.59. The zero-order valence-electron chi connectivity index (χ0n) is 12.7. The predicted octanol–water partition coefficient (Wildman–Crippen LogP) is 5.37. The molecule has 0 amide bonds. The van der Waals surface area contributed by atoms with Crippen molar-refractivity contribution in [3.05, 3.63) is 28.8 Å². The molecule has 0 heterocycles. The van der Waals surface area contributed by atoms with Crippen molar-refractivity contribution in [1.82, 2.24) is 5.32 Å². The van der Waals surface area contributed by atoms with Crippen molar-refractivity contribution in [3.8, 4) is 0 Å². The Kier molecular flexibility index (Phi) is 6.72. The van der Waals surface area contributed by atoms with E-state index in [9.17, 15) is 0 Å². The van der Waals surface area contributed by atoms with Crippen LogP contribution < -0.4 is 5.32 Å². The molecule has 0 aliphatic carbocycles. The van der Waals surface area contributed by atoms with Crippen molar-refractivity contribution < 1.29 is 0 Å². The summed E-state index contributed by atoms with van der Waals surface area (Å²) in [5, 5.41) is 4.41. The van der Waals surface area contributed by atoms with Gasteiger partial charge in [-0.3, -0.25) is 0 Å². The van der Waals surface area contributed by atoms with Crippen LogP contribution in [-0.4, -0.2) is 11.3 Å². The Morgan fingerprint density at radius 2 is 2.00 bits per heavy atom. The molecule has 1 unspecified atom stereocenters. The number of hydrogen-bond acceptors (Lipinski definition) is 2. The van der Waals surface area contributed by atoms with Gasteiger partial charge in [0.25, 0.3) is 0 Å². The Bertz CT molecular complexity index is 398. The molecule has 1 aromatic carbocycles. The van der Waals surface area contributed by atoms with Gasteiger partial charge in [0.2, 0.25) is 0 Å². The van der Waals surface area contributed by atoms with Crippen molar-refractivity contribution in [2.24, 2.45) is 5.92 Å². The lowest BCUT2D eigenvalue weighted by Crippen LogP contribution is -2.35. The van der Waals surface area contributed by atoms with Crippen molar-refractivity contribution >= 4 is 23.4 Å². The van der Waals surface area contributed by atoms with Gasteiger partial charge in [-0.25, -0.2) is 0 Å². The molecule has 1 nitrogen and oxygen atoms in total. The van der Waals surface area contributed by atoms with E-state index in [0.29, 0.717) is 0 Å². The van der Waals surface area contributed by atoms with Gasteiger partial charge >= 0.3 is 0 Å². The molecule has 1 N–H and O–H groups in total. The second kappa shape index (κ2) is 7.56. The Hall–Kier alpha value is -0.180. The largest absolute Gasteiger partial charge is 0.308 e. The van der Waals surface area contributed by atoms with Crippen LogP contribution in [0.5, 0.6) is 0 Å². The number of halogens is 1. The van der Waals surface area contributed by atoms with Gasteiger partial charge in [0, 0.05) is 22.7 Å².